The number of nitriles is 1. The van der Waals surface area contributed by atoms with Crippen molar-refractivity contribution < 1.29 is 19.0 Å². The van der Waals surface area contributed by atoms with E-state index >= 15 is 0 Å². The van der Waals surface area contributed by atoms with E-state index in [1.165, 1.54) is 0 Å². The zero-order valence-corrected chi connectivity index (χ0v) is 18.9. The van der Waals surface area contributed by atoms with Crippen molar-refractivity contribution in [1.29, 1.82) is 5.26 Å². The number of nitrogens with zero attached hydrogens (tertiary/aromatic N) is 3. The van der Waals surface area contributed by atoms with Gasteiger partial charge in [0, 0.05) is 17.3 Å². The lowest BCUT2D eigenvalue weighted by Crippen LogP contribution is -2.42. The maximum Gasteiger partial charge on any atom is 0.239 e. The van der Waals surface area contributed by atoms with E-state index in [1.807, 2.05) is 42.7 Å². The third kappa shape index (κ3) is 4.51. The smallest absolute Gasteiger partial charge is 0.239 e. The van der Waals surface area contributed by atoms with E-state index in [0.29, 0.717) is 30.5 Å². The molecule has 8 heteroatoms. The Bertz CT molecular complexity index is 994. The Labute approximate surface area is 188 Å². The minimum absolute atomic E-state index is 0.0945. The number of ether oxygens (including phenoxy) is 3. The number of carbonyl (C=O) groups is 1. The van der Waals surface area contributed by atoms with Crippen LogP contribution in [0, 0.1) is 31.1 Å². The number of hydrogen-bond donors (Lipinski definition) is 1. The zero-order valence-electron chi connectivity index (χ0n) is 18.9. The van der Waals surface area contributed by atoms with Crippen molar-refractivity contribution in [2.45, 2.75) is 33.0 Å². The lowest BCUT2D eigenvalue weighted by atomic mass is 9.96. The molecule has 3 heterocycles. The third-order valence-electron chi connectivity index (χ3n) is 6.45. The van der Waals surface area contributed by atoms with Crippen LogP contribution >= 0.6 is 0 Å². The topological polar surface area (TPSA) is 88.8 Å². The van der Waals surface area contributed by atoms with Gasteiger partial charge in [-0.25, -0.2) is 0 Å². The molecule has 1 N–H and O–H groups in total. The van der Waals surface area contributed by atoms with Crippen molar-refractivity contribution in [1.82, 2.24) is 9.47 Å². The van der Waals surface area contributed by atoms with Crippen LogP contribution < -0.4 is 10.1 Å². The van der Waals surface area contributed by atoms with E-state index in [4.69, 9.17) is 14.2 Å². The van der Waals surface area contributed by atoms with E-state index < -0.39 is 0 Å². The van der Waals surface area contributed by atoms with Crippen LogP contribution in [0.4, 0.5) is 5.82 Å². The summed E-state index contributed by atoms with van der Waals surface area (Å²) in [5.74, 6) is 1.53. The van der Waals surface area contributed by atoms with Crippen molar-refractivity contribution in [3.8, 4) is 17.5 Å². The van der Waals surface area contributed by atoms with E-state index in [2.05, 4.69) is 16.3 Å². The van der Waals surface area contributed by atoms with Crippen LogP contribution in [0.25, 0.3) is 5.69 Å². The van der Waals surface area contributed by atoms with E-state index in [-0.39, 0.29) is 18.7 Å². The Morgan fingerprint density at radius 2 is 1.84 bits per heavy atom. The minimum Gasteiger partial charge on any atom is -0.497 e. The molecule has 170 valence electrons. The molecule has 0 bridgehead atoms. The third-order valence-corrected chi connectivity index (χ3v) is 6.45. The van der Waals surface area contributed by atoms with Gasteiger partial charge in [0.25, 0.3) is 0 Å². The van der Waals surface area contributed by atoms with Gasteiger partial charge in [0.15, 0.2) is 6.29 Å². The van der Waals surface area contributed by atoms with Gasteiger partial charge >= 0.3 is 0 Å². The monoisotopic (exact) mass is 438 g/mol. The minimum atomic E-state index is -0.124. The second-order valence-corrected chi connectivity index (χ2v) is 8.35. The Morgan fingerprint density at radius 3 is 2.44 bits per heavy atom. The fourth-order valence-electron chi connectivity index (χ4n) is 4.52. The summed E-state index contributed by atoms with van der Waals surface area (Å²) in [5.41, 5.74) is 3.12. The first-order valence-electron chi connectivity index (χ1n) is 11.0. The number of carbonyl (C=O) groups excluding carboxylic acids is 1. The highest BCUT2D eigenvalue weighted by atomic mass is 16.7. The Hall–Kier alpha value is -2.86. The molecule has 4 rings (SSSR count). The summed E-state index contributed by atoms with van der Waals surface area (Å²) in [6.45, 7) is 7.13. The molecule has 2 aromatic rings. The number of hydrogen-bond acceptors (Lipinski definition) is 6. The van der Waals surface area contributed by atoms with Gasteiger partial charge in [0.2, 0.25) is 5.91 Å². The number of rotatable bonds is 6. The number of methoxy groups -OCH3 is 1. The fraction of sp³-hybridized carbons (Fsp3) is 0.500. The highest BCUT2D eigenvalue weighted by Gasteiger charge is 2.31. The number of anilines is 1. The quantitative estimate of drug-likeness (QED) is 0.746. The number of piperidine rings is 1. The molecule has 1 aromatic heterocycles. The zero-order chi connectivity index (χ0) is 22.7. The summed E-state index contributed by atoms with van der Waals surface area (Å²) < 4.78 is 18.4. The average molecular weight is 439 g/mol. The molecule has 2 fully saturated rings. The Kier molecular flexibility index (Phi) is 6.80. The van der Waals surface area contributed by atoms with Gasteiger partial charge in [-0.05, 0) is 69.6 Å². The molecule has 0 radical (unpaired) electrons. The van der Waals surface area contributed by atoms with Crippen LogP contribution in [0.5, 0.6) is 5.75 Å². The highest BCUT2D eigenvalue weighted by Crippen LogP contribution is 2.31. The summed E-state index contributed by atoms with van der Waals surface area (Å²) >= 11 is 0. The first-order valence-corrected chi connectivity index (χ1v) is 11.0. The molecule has 0 atom stereocenters. The summed E-state index contributed by atoms with van der Waals surface area (Å²) in [4.78, 5) is 15.1. The molecule has 0 aliphatic carbocycles. The molecule has 2 saturated heterocycles. The Morgan fingerprint density at radius 1 is 1.19 bits per heavy atom. The Balaban J connectivity index is 1.46. The first-order chi connectivity index (χ1) is 15.5. The van der Waals surface area contributed by atoms with Crippen LogP contribution in [-0.4, -0.2) is 61.6 Å². The number of likely N-dealkylation sites (tertiary alicyclic amines) is 1. The number of amides is 1. The van der Waals surface area contributed by atoms with E-state index in [9.17, 15) is 10.1 Å². The van der Waals surface area contributed by atoms with Gasteiger partial charge in [0.05, 0.1) is 32.4 Å². The lowest BCUT2D eigenvalue weighted by Gasteiger charge is -2.33. The predicted octanol–water partition coefficient (Wildman–Crippen LogP) is 3.00. The highest BCUT2D eigenvalue weighted by molar-refractivity contribution is 5.93. The second-order valence-electron chi connectivity index (χ2n) is 8.35. The van der Waals surface area contributed by atoms with Crippen molar-refractivity contribution in [2.24, 2.45) is 5.92 Å². The summed E-state index contributed by atoms with van der Waals surface area (Å²) in [6, 6.07) is 9.82. The molecule has 2 aliphatic rings. The lowest BCUT2D eigenvalue weighted by molar-refractivity contribution is -0.119. The van der Waals surface area contributed by atoms with Crippen LogP contribution in [0.15, 0.2) is 24.3 Å². The fourth-order valence-corrected chi connectivity index (χ4v) is 4.52. The van der Waals surface area contributed by atoms with Crippen LogP contribution in [0.1, 0.15) is 29.7 Å². The van der Waals surface area contributed by atoms with Crippen molar-refractivity contribution in [3.63, 3.8) is 0 Å². The molecule has 1 aromatic carbocycles. The summed E-state index contributed by atoms with van der Waals surface area (Å²) in [5, 5.41) is 12.8. The standard InChI is InChI=1S/C24H30N4O4/c1-16-17(2)28(19-4-6-20(30-3)7-5-19)23(21(16)14-25)26-22(29)15-27-10-8-18(9-11-27)24-31-12-13-32-24/h4-7,18,24H,8-13,15H2,1-3H3,(H,26,29). The van der Waals surface area contributed by atoms with E-state index in [1.54, 1.807) is 7.11 Å². The average Bonchev–Trinajstić information content (AvgIpc) is 3.42. The SMILES string of the molecule is COc1ccc(-n2c(C)c(C)c(C#N)c2NC(=O)CN2CCC(C3OCCO3)CC2)cc1. The van der Waals surface area contributed by atoms with Gasteiger partial charge in [0.1, 0.15) is 17.6 Å². The van der Waals surface area contributed by atoms with Crippen molar-refractivity contribution in [3.05, 3.63) is 41.1 Å². The first kappa shape index (κ1) is 22.3. The van der Waals surface area contributed by atoms with Crippen LogP contribution in [0.2, 0.25) is 0 Å². The van der Waals surface area contributed by atoms with Crippen molar-refractivity contribution >= 4 is 11.7 Å². The number of aromatic nitrogens is 1. The van der Waals surface area contributed by atoms with Crippen molar-refractivity contribution in [2.75, 3.05) is 45.3 Å². The van der Waals surface area contributed by atoms with Gasteiger partial charge in [-0.2, -0.15) is 5.26 Å². The molecule has 0 spiro atoms. The summed E-state index contributed by atoms with van der Waals surface area (Å²) in [6.07, 6.45) is 1.80. The second kappa shape index (κ2) is 9.74. The van der Waals surface area contributed by atoms with Gasteiger partial charge in [-0.3, -0.25) is 14.3 Å². The maximum absolute atomic E-state index is 12.9. The van der Waals surface area contributed by atoms with Gasteiger partial charge in [-0.15, -0.1) is 0 Å². The summed E-state index contributed by atoms with van der Waals surface area (Å²) in [7, 11) is 1.62. The van der Waals surface area contributed by atoms with Gasteiger partial charge < -0.3 is 19.5 Å². The van der Waals surface area contributed by atoms with Crippen LogP contribution in [-0.2, 0) is 14.3 Å². The molecule has 0 unspecified atom stereocenters. The molecule has 1 amide bonds. The maximum atomic E-state index is 12.9. The molecule has 8 nitrogen and oxygen atoms in total. The van der Waals surface area contributed by atoms with Crippen LogP contribution in [0.3, 0.4) is 0 Å². The molecular weight excluding hydrogens is 408 g/mol. The molecule has 32 heavy (non-hydrogen) atoms. The largest absolute Gasteiger partial charge is 0.497 e. The van der Waals surface area contributed by atoms with E-state index in [0.717, 1.165) is 48.6 Å². The normalized spacial score (nSPS) is 17.9. The molecule has 2 aliphatic heterocycles. The molecular formula is C24H30N4O4. The number of nitrogens with one attached hydrogen (secondary N) is 1. The predicted molar refractivity (Wildman–Crippen MR) is 120 cm³/mol. The molecule has 0 saturated carbocycles. The number of benzene rings is 1. The van der Waals surface area contributed by atoms with Gasteiger partial charge in [-0.1, -0.05) is 0 Å².